The van der Waals surface area contributed by atoms with Gasteiger partial charge in [0, 0.05) is 0 Å². The van der Waals surface area contributed by atoms with E-state index in [9.17, 15) is 4.79 Å². The van der Waals surface area contributed by atoms with Gasteiger partial charge in [0.05, 0.1) is 18.0 Å². The lowest BCUT2D eigenvalue weighted by Crippen LogP contribution is -2.32. The van der Waals surface area contributed by atoms with Crippen molar-refractivity contribution < 1.29 is 9.90 Å². The highest BCUT2D eigenvalue weighted by molar-refractivity contribution is 5.69. The molecule has 0 aliphatic rings. The molecule has 1 N–H and O–H groups in total. The van der Waals surface area contributed by atoms with E-state index in [2.05, 4.69) is 6.07 Å². The molecule has 92 valence electrons. The van der Waals surface area contributed by atoms with Gasteiger partial charge in [-0.25, -0.2) is 0 Å². The summed E-state index contributed by atoms with van der Waals surface area (Å²) in [7, 11) is 0. The number of carboxylic acids is 1. The molecule has 0 amide bonds. The Bertz CT molecular complexity index is 256. The van der Waals surface area contributed by atoms with Crippen molar-refractivity contribution in [2.45, 2.75) is 40.0 Å². The number of carbonyl (C=O) groups is 1. The fraction of sp³-hybridized carbons (Fsp3) is 0.833. The van der Waals surface area contributed by atoms with Crippen molar-refractivity contribution in [1.82, 2.24) is 4.90 Å². The van der Waals surface area contributed by atoms with Crippen molar-refractivity contribution in [3.05, 3.63) is 0 Å². The van der Waals surface area contributed by atoms with Gasteiger partial charge in [-0.05, 0) is 46.2 Å². The van der Waals surface area contributed by atoms with Crippen LogP contribution >= 0.6 is 0 Å². The predicted octanol–water partition coefficient (Wildman–Crippen LogP) is 2.11. The highest BCUT2D eigenvalue weighted by Crippen LogP contribution is 2.20. The Morgan fingerprint density at radius 1 is 1.44 bits per heavy atom. The van der Waals surface area contributed by atoms with Crippen molar-refractivity contribution in [3.8, 4) is 6.07 Å². The zero-order valence-corrected chi connectivity index (χ0v) is 10.5. The molecule has 16 heavy (non-hydrogen) atoms. The van der Waals surface area contributed by atoms with Crippen LogP contribution in [0.2, 0.25) is 0 Å². The normalized spacial score (nSPS) is 11.4. The second-order valence-corrected chi connectivity index (χ2v) is 4.77. The third-order valence-corrected chi connectivity index (χ3v) is 2.48. The topological polar surface area (TPSA) is 64.3 Å². The largest absolute Gasteiger partial charge is 0.480 e. The zero-order chi connectivity index (χ0) is 12.6. The molecule has 0 aliphatic heterocycles. The van der Waals surface area contributed by atoms with Gasteiger partial charge in [0.2, 0.25) is 0 Å². The first kappa shape index (κ1) is 14.9. The van der Waals surface area contributed by atoms with Gasteiger partial charge in [-0.15, -0.1) is 0 Å². The van der Waals surface area contributed by atoms with Crippen molar-refractivity contribution >= 4 is 5.97 Å². The van der Waals surface area contributed by atoms with Crippen LogP contribution in [0.4, 0.5) is 0 Å². The minimum absolute atomic E-state index is 0.0980. The molecule has 0 bridgehead atoms. The lowest BCUT2D eigenvalue weighted by atomic mass is 9.90. The van der Waals surface area contributed by atoms with Crippen LogP contribution in [0.15, 0.2) is 0 Å². The summed E-state index contributed by atoms with van der Waals surface area (Å²) in [5.74, 6) is -0.784. The van der Waals surface area contributed by atoms with E-state index in [1.165, 1.54) is 0 Å². The summed E-state index contributed by atoms with van der Waals surface area (Å²) < 4.78 is 0. The molecule has 0 saturated carbocycles. The van der Waals surface area contributed by atoms with Gasteiger partial charge in [-0.2, -0.15) is 5.26 Å². The number of hydrogen-bond donors (Lipinski definition) is 1. The molecule has 0 aliphatic carbocycles. The maximum atomic E-state index is 10.6. The van der Waals surface area contributed by atoms with Crippen molar-refractivity contribution in [1.29, 1.82) is 5.26 Å². The van der Waals surface area contributed by atoms with Crippen LogP contribution in [0, 0.1) is 16.7 Å². The molecular weight excluding hydrogens is 204 g/mol. The van der Waals surface area contributed by atoms with Gasteiger partial charge in [-0.3, -0.25) is 9.69 Å². The van der Waals surface area contributed by atoms with Gasteiger partial charge in [0.1, 0.15) is 0 Å². The molecule has 0 aromatic carbocycles. The summed E-state index contributed by atoms with van der Waals surface area (Å²) in [6.07, 6.45) is 2.63. The van der Waals surface area contributed by atoms with E-state index in [0.29, 0.717) is 0 Å². The molecule has 0 saturated heterocycles. The molecule has 4 heteroatoms. The minimum atomic E-state index is -0.784. The average Bonchev–Trinajstić information content (AvgIpc) is 2.17. The smallest absolute Gasteiger partial charge is 0.317 e. The Balaban J connectivity index is 3.94. The van der Waals surface area contributed by atoms with Gasteiger partial charge < -0.3 is 5.11 Å². The maximum Gasteiger partial charge on any atom is 0.317 e. The molecule has 0 aromatic heterocycles. The highest BCUT2D eigenvalue weighted by atomic mass is 16.4. The molecule has 0 spiro atoms. The summed E-state index contributed by atoms with van der Waals surface area (Å²) in [5, 5.41) is 17.6. The molecule has 0 heterocycles. The van der Waals surface area contributed by atoms with Crippen LogP contribution in [0.3, 0.4) is 0 Å². The Morgan fingerprint density at radius 3 is 2.50 bits per heavy atom. The maximum absolute atomic E-state index is 10.6. The van der Waals surface area contributed by atoms with E-state index in [0.717, 1.165) is 32.4 Å². The van der Waals surface area contributed by atoms with Crippen LogP contribution in [-0.4, -0.2) is 35.6 Å². The minimum Gasteiger partial charge on any atom is -0.480 e. The molecule has 0 radical (unpaired) electrons. The van der Waals surface area contributed by atoms with Crippen LogP contribution < -0.4 is 0 Å². The fourth-order valence-corrected chi connectivity index (χ4v) is 1.58. The van der Waals surface area contributed by atoms with Crippen LogP contribution in [0.5, 0.6) is 0 Å². The van der Waals surface area contributed by atoms with Crippen molar-refractivity contribution in [2.75, 3.05) is 19.6 Å². The summed E-state index contributed by atoms with van der Waals surface area (Å²) >= 11 is 0. The molecular formula is C12H22N2O2. The Labute approximate surface area is 97.9 Å². The lowest BCUT2D eigenvalue weighted by Gasteiger charge is -2.21. The highest BCUT2D eigenvalue weighted by Gasteiger charge is 2.17. The first-order valence-electron chi connectivity index (χ1n) is 5.76. The number of carboxylic acid groups (broad SMARTS) is 1. The molecule has 0 fully saturated rings. The van der Waals surface area contributed by atoms with Gasteiger partial charge in [0.25, 0.3) is 0 Å². The van der Waals surface area contributed by atoms with E-state index < -0.39 is 5.97 Å². The lowest BCUT2D eigenvalue weighted by molar-refractivity contribution is -0.138. The Hall–Kier alpha value is -1.08. The summed E-state index contributed by atoms with van der Waals surface area (Å²) in [5.41, 5.74) is -0.304. The van der Waals surface area contributed by atoms with E-state index in [1.807, 2.05) is 25.7 Å². The quantitative estimate of drug-likeness (QED) is 0.688. The molecule has 0 atom stereocenters. The number of nitrogens with zero attached hydrogens (tertiary/aromatic N) is 2. The third-order valence-electron chi connectivity index (χ3n) is 2.48. The summed E-state index contributed by atoms with van der Waals surface area (Å²) in [6, 6.07) is 2.25. The van der Waals surface area contributed by atoms with E-state index in [-0.39, 0.29) is 12.0 Å². The van der Waals surface area contributed by atoms with Gasteiger partial charge >= 0.3 is 5.97 Å². The Morgan fingerprint density at radius 2 is 2.06 bits per heavy atom. The molecule has 0 aromatic rings. The molecule has 0 rings (SSSR count). The predicted molar refractivity (Wildman–Crippen MR) is 63.0 cm³/mol. The second-order valence-electron chi connectivity index (χ2n) is 4.77. The van der Waals surface area contributed by atoms with E-state index in [4.69, 9.17) is 10.4 Å². The fourth-order valence-electron chi connectivity index (χ4n) is 1.58. The standard InChI is InChI=1S/C12H22N2O2/c1-4-7-14(9-11(15)16)8-5-6-12(2,3)10-13/h4-9H2,1-3H3,(H,15,16). The first-order chi connectivity index (χ1) is 7.41. The van der Waals surface area contributed by atoms with Gasteiger partial charge in [0.15, 0.2) is 0 Å². The van der Waals surface area contributed by atoms with Crippen molar-refractivity contribution in [3.63, 3.8) is 0 Å². The molecule has 4 nitrogen and oxygen atoms in total. The first-order valence-corrected chi connectivity index (χ1v) is 5.76. The second kappa shape index (κ2) is 7.24. The number of hydrogen-bond acceptors (Lipinski definition) is 3. The SMILES string of the molecule is CCCN(CCCC(C)(C)C#N)CC(=O)O. The van der Waals surface area contributed by atoms with Crippen LogP contribution in [0.25, 0.3) is 0 Å². The average molecular weight is 226 g/mol. The third kappa shape index (κ3) is 7.24. The number of rotatable bonds is 8. The monoisotopic (exact) mass is 226 g/mol. The Kier molecular flexibility index (Phi) is 6.75. The summed E-state index contributed by atoms with van der Waals surface area (Å²) in [4.78, 5) is 12.5. The number of aliphatic carboxylic acids is 1. The van der Waals surface area contributed by atoms with Crippen LogP contribution in [-0.2, 0) is 4.79 Å². The van der Waals surface area contributed by atoms with E-state index in [1.54, 1.807) is 0 Å². The summed E-state index contributed by atoms with van der Waals surface area (Å²) in [6.45, 7) is 7.52. The van der Waals surface area contributed by atoms with E-state index >= 15 is 0 Å². The number of nitriles is 1. The molecule has 0 unspecified atom stereocenters. The van der Waals surface area contributed by atoms with Crippen molar-refractivity contribution in [2.24, 2.45) is 5.41 Å². The van der Waals surface area contributed by atoms with Crippen LogP contribution in [0.1, 0.15) is 40.0 Å². The zero-order valence-electron chi connectivity index (χ0n) is 10.5. The van der Waals surface area contributed by atoms with Gasteiger partial charge in [-0.1, -0.05) is 6.92 Å².